The summed E-state index contributed by atoms with van der Waals surface area (Å²) in [4.78, 5) is 3.93. The van der Waals surface area contributed by atoms with Crippen molar-refractivity contribution in [3.8, 4) is 0 Å². The van der Waals surface area contributed by atoms with E-state index in [4.69, 9.17) is 5.73 Å². The first-order chi connectivity index (χ1) is 8.95. The van der Waals surface area contributed by atoms with E-state index < -0.39 is 10.0 Å². The fourth-order valence-corrected chi connectivity index (χ4v) is 2.77. The van der Waals surface area contributed by atoms with Gasteiger partial charge in [0.2, 0.25) is 0 Å². The Kier molecular flexibility index (Phi) is 3.48. The molecule has 0 saturated heterocycles. The predicted octanol–water partition coefficient (Wildman–Crippen LogP) is 1.31. The van der Waals surface area contributed by atoms with Crippen LogP contribution >= 0.6 is 0 Å². The maximum absolute atomic E-state index is 12.4. The molecular weight excluding hydrogens is 264 g/mol. The van der Waals surface area contributed by atoms with Crippen molar-refractivity contribution in [1.29, 1.82) is 0 Å². The number of nitrogens with zero attached hydrogens (tertiary/aromatic N) is 3. The fourth-order valence-electron chi connectivity index (χ4n) is 1.65. The lowest BCUT2D eigenvalue weighted by atomic mass is 10.3. The number of anilines is 2. The molecule has 102 valence electrons. The summed E-state index contributed by atoms with van der Waals surface area (Å²) in [6.07, 6.45) is 3.01. The minimum atomic E-state index is -3.65. The highest BCUT2D eigenvalue weighted by atomic mass is 32.2. The van der Waals surface area contributed by atoms with Crippen molar-refractivity contribution in [3.05, 3.63) is 36.8 Å². The van der Waals surface area contributed by atoms with Gasteiger partial charge in [0.25, 0.3) is 10.0 Å². The summed E-state index contributed by atoms with van der Waals surface area (Å²) in [7, 11) is -2.17. The first-order valence-corrected chi connectivity index (χ1v) is 7.25. The van der Waals surface area contributed by atoms with Crippen molar-refractivity contribution in [2.75, 3.05) is 17.1 Å². The molecule has 0 amide bonds. The molecule has 2 rings (SSSR count). The molecule has 0 spiro atoms. The third kappa shape index (κ3) is 2.55. The Bertz CT molecular complexity index is 679. The summed E-state index contributed by atoms with van der Waals surface area (Å²) in [6, 6.07) is 6.70. The number of hydrogen-bond donors (Lipinski definition) is 1. The molecule has 7 heteroatoms. The van der Waals surface area contributed by atoms with Crippen LogP contribution in [0.4, 0.5) is 11.4 Å². The van der Waals surface area contributed by atoms with E-state index in [-0.39, 0.29) is 5.03 Å². The second kappa shape index (κ2) is 4.93. The Morgan fingerprint density at radius 1 is 1.42 bits per heavy atom. The summed E-state index contributed by atoms with van der Waals surface area (Å²) >= 11 is 0. The molecule has 0 aliphatic heterocycles. The maximum Gasteiger partial charge on any atom is 0.283 e. The van der Waals surface area contributed by atoms with Gasteiger partial charge in [-0.1, -0.05) is 6.07 Å². The van der Waals surface area contributed by atoms with Crippen LogP contribution in [0, 0.1) is 0 Å². The molecule has 0 fully saturated rings. The molecule has 1 aromatic heterocycles. The van der Waals surface area contributed by atoms with Crippen LogP contribution in [0.15, 0.2) is 41.8 Å². The summed E-state index contributed by atoms with van der Waals surface area (Å²) < 4.78 is 27.6. The molecule has 0 atom stereocenters. The van der Waals surface area contributed by atoms with Crippen molar-refractivity contribution >= 4 is 21.4 Å². The summed E-state index contributed by atoms with van der Waals surface area (Å²) in [5, 5.41) is 0.0271. The van der Waals surface area contributed by atoms with E-state index in [0.717, 1.165) is 0 Å². The third-order valence-electron chi connectivity index (χ3n) is 2.83. The average Bonchev–Trinajstić information content (AvgIpc) is 2.87. The van der Waals surface area contributed by atoms with Gasteiger partial charge in [0.1, 0.15) is 0 Å². The van der Waals surface area contributed by atoms with Gasteiger partial charge in [-0.15, -0.1) is 0 Å². The summed E-state index contributed by atoms with van der Waals surface area (Å²) in [6.45, 7) is 2.59. The standard InChI is InChI=1S/C12H16N4O2S/c1-3-16-8-12(14-9-16)19(17,18)15(2)11-6-4-5-10(13)7-11/h4-9H,3,13H2,1-2H3. The molecule has 0 radical (unpaired) electrons. The Hall–Kier alpha value is -2.02. The van der Waals surface area contributed by atoms with E-state index in [9.17, 15) is 8.42 Å². The highest BCUT2D eigenvalue weighted by Gasteiger charge is 2.23. The van der Waals surface area contributed by atoms with Gasteiger partial charge in [0.05, 0.1) is 12.0 Å². The second-order valence-electron chi connectivity index (χ2n) is 4.11. The summed E-state index contributed by atoms with van der Waals surface area (Å²) in [5.74, 6) is 0. The van der Waals surface area contributed by atoms with Crippen molar-refractivity contribution in [2.45, 2.75) is 18.5 Å². The first-order valence-electron chi connectivity index (χ1n) is 5.81. The zero-order valence-corrected chi connectivity index (χ0v) is 11.6. The molecule has 0 saturated carbocycles. The molecule has 2 aromatic rings. The van der Waals surface area contributed by atoms with E-state index in [2.05, 4.69) is 4.98 Å². The van der Waals surface area contributed by atoms with E-state index in [1.807, 2.05) is 6.92 Å². The van der Waals surface area contributed by atoms with Gasteiger partial charge in [0.15, 0.2) is 5.03 Å². The number of rotatable bonds is 4. The Morgan fingerprint density at radius 2 is 2.16 bits per heavy atom. The molecule has 0 unspecified atom stereocenters. The maximum atomic E-state index is 12.4. The van der Waals surface area contributed by atoms with Gasteiger partial charge in [-0.05, 0) is 25.1 Å². The highest BCUT2D eigenvalue weighted by molar-refractivity contribution is 7.92. The van der Waals surface area contributed by atoms with Gasteiger partial charge in [-0.25, -0.2) is 4.98 Å². The topological polar surface area (TPSA) is 81.2 Å². The lowest BCUT2D eigenvalue weighted by Crippen LogP contribution is -2.26. The van der Waals surface area contributed by atoms with Crippen molar-refractivity contribution < 1.29 is 8.42 Å². The van der Waals surface area contributed by atoms with E-state index in [1.165, 1.54) is 23.9 Å². The normalized spacial score (nSPS) is 11.5. The van der Waals surface area contributed by atoms with Crippen LogP contribution in [0.2, 0.25) is 0 Å². The third-order valence-corrected chi connectivity index (χ3v) is 4.50. The molecule has 1 heterocycles. The molecule has 0 bridgehead atoms. The van der Waals surface area contributed by atoms with Crippen molar-refractivity contribution in [3.63, 3.8) is 0 Å². The number of benzene rings is 1. The van der Waals surface area contributed by atoms with Crippen molar-refractivity contribution in [2.24, 2.45) is 0 Å². The van der Waals surface area contributed by atoms with Gasteiger partial charge >= 0.3 is 0 Å². The lowest BCUT2D eigenvalue weighted by molar-refractivity contribution is 0.591. The monoisotopic (exact) mass is 280 g/mol. The number of sulfonamides is 1. The quantitative estimate of drug-likeness (QED) is 0.856. The van der Waals surface area contributed by atoms with Crippen LogP contribution in [0.5, 0.6) is 0 Å². The molecule has 0 aliphatic carbocycles. The molecular formula is C12H16N4O2S. The molecule has 0 aliphatic rings. The molecule has 6 nitrogen and oxygen atoms in total. The molecule has 2 N–H and O–H groups in total. The Morgan fingerprint density at radius 3 is 2.74 bits per heavy atom. The van der Waals surface area contributed by atoms with Crippen LogP contribution in [0.3, 0.4) is 0 Å². The Labute approximate surface area is 112 Å². The molecule has 19 heavy (non-hydrogen) atoms. The zero-order chi connectivity index (χ0) is 14.0. The minimum Gasteiger partial charge on any atom is -0.399 e. The van der Waals surface area contributed by atoms with Crippen LogP contribution in [-0.2, 0) is 16.6 Å². The van der Waals surface area contributed by atoms with Crippen LogP contribution < -0.4 is 10.0 Å². The highest BCUT2D eigenvalue weighted by Crippen LogP contribution is 2.22. The van der Waals surface area contributed by atoms with Gasteiger partial charge in [0, 0.05) is 25.5 Å². The second-order valence-corrected chi connectivity index (χ2v) is 6.03. The van der Waals surface area contributed by atoms with Crippen LogP contribution in [0.1, 0.15) is 6.92 Å². The SMILES string of the molecule is CCn1cnc(S(=O)(=O)N(C)c2cccc(N)c2)c1. The van der Waals surface area contributed by atoms with Crippen LogP contribution in [-0.4, -0.2) is 25.0 Å². The molecule has 1 aromatic carbocycles. The number of aryl methyl sites for hydroxylation is 1. The number of hydrogen-bond acceptors (Lipinski definition) is 4. The first kappa shape index (κ1) is 13.4. The average molecular weight is 280 g/mol. The zero-order valence-electron chi connectivity index (χ0n) is 10.8. The number of aromatic nitrogens is 2. The fraction of sp³-hybridized carbons (Fsp3) is 0.250. The smallest absolute Gasteiger partial charge is 0.283 e. The number of nitrogen functional groups attached to an aromatic ring is 1. The van der Waals surface area contributed by atoms with Crippen LogP contribution in [0.25, 0.3) is 0 Å². The van der Waals surface area contributed by atoms with E-state index in [1.54, 1.807) is 28.8 Å². The number of nitrogens with two attached hydrogens (primary N) is 1. The van der Waals surface area contributed by atoms with Gasteiger partial charge in [-0.2, -0.15) is 8.42 Å². The van der Waals surface area contributed by atoms with Gasteiger partial charge in [-0.3, -0.25) is 4.31 Å². The van der Waals surface area contributed by atoms with E-state index >= 15 is 0 Å². The Balaban J connectivity index is 2.39. The predicted molar refractivity (Wildman–Crippen MR) is 74.3 cm³/mol. The van der Waals surface area contributed by atoms with Gasteiger partial charge < -0.3 is 10.3 Å². The van der Waals surface area contributed by atoms with Crippen molar-refractivity contribution in [1.82, 2.24) is 9.55 Å². The lowest BCUT2D eigenvalue weighted by Gasteiger charge is -2.18. The van der Waals surface area contributed by atoms with E-state index in [0.29, 0.717) is 17.9 Å². The number of imidazole rings is 1. The largest absolute Gasteiger partial charge is 0.399 e. The summed E-state index contributed by atoms with van der Waals surface area (Å²) in [5.41, 5.74) is 6.68. The minimum absolute atomic E-state index is 0.0271.